The molecule has 3 aromatic carbocycles. The summed E-state index contributed by atoms with van der Waals surface area (Å²) in [7, 11) is 0. The lowest BCUT2D eigenvalue weighted by Gasteiger charge is -2.33. The monoisotopic (exact) mass is 456 g/mol. The predicted molar refractivity (Wildman–Crippen MR) is 138 cm³/mol. The van der Waals surface area contributed by atoms with Gasteiger partial charge in [-0.3, -0.25) is 4.79 Å². The maximum atomic E-state index is 12.8. The number of aliphatic hydroxyl groups is 1. The van der Waals surface area contributed by atoms with Gasteiger partial charge in [-0.2, -0.15) is 0 Å². The molecule has 5 rings (SSSR count). The standard InChI is InChI=1S/C30H36N2O2/c1-21(28-11-5-7-23-6-2-3-10-29(23)28)31-26-9-4-8-25(20-26)22-12-14-24(15-13-22)30(34)32-18-16-27(33)17-19-32/h2-3,5-7,10-15,21,25-27,31,33H,4,8-9,16-20H2,1H3/t21-,25-,26?/m1/s1. The molecule has 1 unspecified atom stereocenters. The molecule has 2 aliphatic rings. The first kappa shape index (κ1) is 23.1. The lowest BCUT2D eigenvalue weighted by molar-refractivity contribution is 0.0546. The van der Waals surface area contributed by atoms with Gasteiger partial charge in [0.15, 0.2) is 0 Å². The Morgan fingerprint density at radius 1 is 0.941 bits per heavy atom. The summed E-state index contributed by atoms with van der Waals surface area (Å²) in [5.41, 5.74) is 3.47. The molecular weight excluding hydrogens is 420 g/mol. The number of fused-ring (bicyclic) bond motifs is 1. The smallest absolute Gasteiger partial charge is 0.253 e. The van der Waals surface area contributed by atoms with E-state index in [4.69, 9.17) is 0 Å². The van der Waals surface area contributed by atoms with Crippen molar-refractivity contribution in [3.05, 3.63) is 83.4 Å². The van der Waals surface area contributed by atoms with Gasteiger partial charge in [-0.25, -0.2) is 0 Å². The molecule has 1 amide bonds. The van der Waals surface area contributed by atoms with Gasteiger partial charge < -0.3 is 15.3 Å². The molecule has 0 bridgehead atoms. The highest BCUT2D eigenvalue weighted by Crippen LogP contribution is 2.35. The largest absolute Gasteiger partial charge is 0.393 e. The lowest BCUT2D eigenvalue weighted by Crippen LogP contribution is -2.40. The number of nitrogens with zero attached hydrogens (tertiary/aromatic N) is 1. The van der Waals surface area contributed by atoms with Crippen LogP contribution in [-0.4, -0.2) is 41.1 Å². The first-order valence-electron chi connectivity index (χ1n) is 12.9. The fourth-order valence-corrected chi connectivity index (χ4v) is 5.86. The number of benzene rings is 3. The molecule has 0 aromatic heterocycles. The van der Waals surface area contributed by atoms with Crippen LogP contribution in [0.3, 0.4) is 0 Å². The molecular formula is C30H36N2O2. The van der Waals surface area contributed by atoms with Crippen LogP contribution in [0.4, 0.5) is 0 Å². The Kier molecular flexibility index (Phi) is 6.98. The average molecular weight is 457 g/mol. The van der Waals surface area contributed by atoms with Gasteiger partial charge in [0.05, 0.1) is 6.10 Å². The van der Waals surface area contributed by atoms with Gasteiger partial charge in [-0.15, -0.1) is 0 Å². The van der Waals surface area contributed by atoms with Crippen LogP contribution in [0.15, 0.2) is 66.7 Å². The molecule has 1 saturated heterocycles. The quantitative estimate of drug-likeness (QED) is 0.509. The third-order valence-electron chi connectivity index (χ3n) is 7.83. The second kappa shape index (κ2) is 10.3. The zero-order chi connectivity index (χ0) is 23.5. The van der Waals surface area contributed by atoms with E-state index in [-0.39, 0.29) is 12.0 Å². The van der Waals surface area contributed by atoms with Crippen LogP contribution in [0.1, 0.15) is 78.9 Å². The Balaban J connectivity index is 1.22. The van der Waals surface area contributed by atoms with E-state index >= 15 is 0 Å². The number of hydrogen-bond donors (Lipinski definition) is 2. The third kappa shape index (κ3) is 5.03. The van der Waals surface area contributed by atoms with Gasteiger partial charge in [0.2, 0.25) is 0 Å². The molecule has 1 heterocycles. The second-order valence-corrected chi connectivity index (χ2v) is 10.2. The number of piperidine rings is 1. The molecule has 4 heteroatoms. The predicted octanol–water partition coefficient (Wildman–Crippen LogP) is 5.81. The summed E-state index contributed by atoms with van der Waals surface area (Å²) in [6.07, 6.45) is 5.87. The molecule has 2 fully saturated rings. The molecule has 2 N–H and O–H groups in total. The van der Waals surface area contributed by atoms with Crippen LogP contribution < -0.4 is 5.32 Å². The number of amides is 1. The highest BCUT2D eigenvalue weighted by molar-refractivity contribution is 5.94. The molecule has 1 aliphatic carbocycles. The zero-order valence-corrected chi connectivity index (χ0v) is 20.1. The minimum Gasteiger partial charge on any atom is -0.393 e. The molecule has 3 aromatic rings. The topological polar surface area (TPSA) is 52.6 Å². The zero-order valence-electron chi connectivity index (χ0n) is 20.1. The van der Waals surface area contributed by atoms with Gasteiger partial charge in [0.25, 0.3) is 5.91 Å². The fraction of sp³-hybridized carbons (Fsp3) is 0.433. The van der Waals surface area contributed by atoms with Crippen molar-refractivity contribution in [2.75, 3.05) is 13.1 Å². The summed E-state index contributed by atoms with van der Waals surface area (Å²) in [6, 6.07) is 24.3. The molecule has 0 spiro atoms. The molecule has 4 nitrogen and oxygen atoms in total. The summed E-state index contributed by atoms with van der Waals surface area (Å²) in [5.74, 6) is 0.616. The fourth-order valence-electron chi connectivity index (χ4n) is 5.86. The van der Waals surface area contributed by atoms with Crippen molar-refractivity contribution in [1.29, 1.82) is 0 Å². The molecule has 0 radical (unpaired) electrons. The number of carbonyl (C=O) groups is 1. The summed E-state index contributed by atoms with van der Waals surface area (Å²) in [6.45, 7) is 3.57. The van der Waals surface area contributed by atoms with Crippen molar-refractivity contribution in [2.45, 2.75) is 69.6 Å². The Morgan fingerprint density at radius 2 is 1.68 bits per heavy atom. The summed E-state index contributed by atoms with van der Waals surface area (Å²) < 4.78 is 0. The maximum Gasteiger partial charge on any atom is 0.253 e. The van der Waals surface area contributed by atoms with E-state index in [0.717, 1.165) is 12.0 Å². The van der Waals surface area contributed by atoms with Crippen molar-refractivity contribution in [3.63, 3.8) is 0 Å². The number of carbonyl (C=O) groups excluding carboxylic acids is 1. The van der Waals surface area contributed by atoms with Crippen LogP contribution in [0.5, 0.6) is 0 Å². The number of rotatable bonds is 5. The summed E-state index contributed by atoms with van der Waals surface area (Å²) >= 11 is 0. The average Bonchev–Trinajstić information content (AvgIpc) is 2.88. The molecule has 3 atom stereocenters. The Bertz CT molecular complexity index is 1110. The van der Waals surface area contributed by atoms with E-state index in [2.05, 4.69) is 66.8 Å². The van der Waals surface area contributed by atoms with Crippen molar-refractivity contribution in [2.24, 2.45) is 0 Å². The number of nitrogens with one attached hydrogen (secondary N) is 1. The maximum absolute atomic E-state index is 12.8. The Labute approximate surface area is 203 Å². The molecule has 1 saturated carbocycles. The van der Waals surface area contributed by atoms with E-state index in [1.807, 2.05) is 17.0 Å². The second-order valence-electron chi connectivity index (χ2n) is 10.2. The minimum atomic E-state index is -0.261. The van der Waals surface area contributed by atoms with E-state index in [0.29, 0.717) is 43.9 Å². The van der Waals surface area contributed by atoms with Crippen molar-refractivity contribution in [1.82, 2.24) is 10.2 Å². The van der Waals surface area contributed by atoms with Gasteiger partial charge in [0.1, 0.15) is 0 Å². The minimum absolute atomic E-state index is 0.0885. The number of aliphatic hydroxyl groups excluding tert-OH is 1. The van der Waals surface area contributed by atoms with Crippen molar-refractivity contribution >= 4 is 16.7 Å². The Hall–Kier alpha value is -2.69. The summed E-state index contributed by atoms with van der Waals surface area (Å²) in [5, 5.41) is 16.3. The van der Waals surface area contributed by atoms with Crippen LogP contribution in [0, 0.1) is 0 Å². The van der Waals surface area contributed by atoms with Gasteiger partial charge in [0, 0.05) is 30.7 Å². The van der Waals surface area contributed by atoms with Crippen molar-refractivity contribution in [3.8, 4) is 0 Å². The number of hydrogen-bond acceptors (Lipinski definition) is 3. The van der Waals surface area contributed by atoms with Crippen LogP contribution >= 0.6 is 0 Å². The molecule has 1 aliphatic heterocycles. The first-order valence-corrected chi connectivity index (χ1v) is 12.9. The van der Waals surface area contributed by atoms with Crippen LogP contribution in [-0.2, 0) is 0 Å². The van der Waals surface area contributed by atoms with E-state index in [9.17, 15) is 9.90 Å². The van der Waals surface area contributed by atoms with Gasteiger partial charge in [-0.05, 0) is 79.0 Å². The molecule has 178 valence electrons. The van der Waals surface area contributed by atoms with Gasteiger partial charge in [-0.1, -0.05) is 61.0 Å². The lowest BCUT2D eigenvalue weighted by atomic mass is 9.80. The van der Waals surface area contributed by atoms with Crippen LogP contribution in [0.2, 0.25) is 0 Å². The summed E-state index contributed by atoms with van der Waals surface area (Å²) in [4.78, 5) is 14.7. The molecule has 34 heavy (non-hydrogen) atoms. The van der Waals surface area contributed by atoms with Crippen molar-refractivity contribution < 1.29 is 9.90 Å². The number of likely N-dealkylation sites (tertiary alicyclic amines) is 1. The SMILES string of the molecule is C[C@@H](NC1CCC[C@@H](c2ccc(C(=O)N3CCC(O)CC3)cc2)C1)c1cccc2ccccc12. The highest BCUT2D eigenvalue weighted by atomic mass is 16.3. The Morgan fingerprint density at radius 3 is 2.47 bits per heavy atom. The van der Waals surface area contributed by atoms with E-state index in [1.165, 1.54) is 41.2 Å². The van der Waals surface area contributed by atoms with E-state index in [1.54, 1.807) is 0 Å². The van der Waals surface area contributed by atoms with Crippen LogP contribution in [0.25, 0.3) is 10.8 Å². The third-order valence-corrected chi connectivity index (χ3v) is 7.83. The normalized spacial score (nSPS) is 22.6. The van der Waals surface area contributed by atoms with E-state index < -0.39 is 0 Å². The van der Waals surface area contributed by atoms with Gasteiger partial charge >= 0.3 is 0 Å². The highest BCUT2D eigenvalue weighted by Gasteiger charge is 2.26. The first-order chi connectivity index (χ1) is 16.6.